The Labute approximate surface area is 288 Å². The molecule has 0 bridgehead atoms. The van der Waals surface area contributed by atoms with Crippen LogP contribution in [0.2, 0.25) is 0 Å². The van der Waals surface area contributed by atoms with E-state index in [9.17, 15) is 19.5 Å². The van der Waals surface area contributed by atoms with E-state index in [-0.39, 0.29) is 43.3 Å². The summed E-state index contributed by atoms with van der Waals surface area (Å²) in [6.07, 6.45) is 5.43. The molecule has 2 amide bonds. The maximum atomic E-state index is 13.6. The number of benzene rings is 4. The number of esters is 1. The highest BCUT2D eigenvalue weighted by Crippen LogP contribution is 2.22. The highest BCUT2D eigenvalue weighted by Gasteiger charge is 2.28. The van der Waals surface area contributed by atoms with Gasteiger partial charge in [-0.2, -0.15) is 0 Å². The zero-order valence-corrected chi connectivity index (χ0v) is 27.6. The summed E-state index contributed by atoms with van der Waals surface area (Å²) in [5.41, 5.74) is 3.85. The van der Waals surface area contributed by atoms with Crippen molar-refractivity contribution in [3.8, 4) is 5.75 Å². The van der Waals surface area contributed by atoms with E-state index in [0.29, 0.717) is 32.3 Å². The molecule has 8 heteroatoms. The summed E-state index contributed by atoms with van der Waals surface area (Å²) in [5, 5.41) is 16.1. The summed E-state index contributed by atoms with van der Waals surface area (Å²) in [6.45, 7) is 0.190. The second-order valence-electron chi connectivity index (χ2n) is 12.4. The van der Waals surface area contributed by atoms with Crippen LogP contribution in [-0.2, 0) is 38.6 Å². The minimum Gasteiger partial charge on any atom is -0.489 e. The van der Waals surface area contributed by atoms with Crippen molar-refractivity contribution in [1.82, 2.24) is 10.6 Å². The molecule has 5 rings (SSSR count). The van der Waals surface area contributed by atoms with Crippen LogP contribution in [0.5, 0.6) is 5.75 Å². The summed E-state index contributed by atoms with van der Waals surface area (Å²) < 4.78 is 11.7. The normalized spacial score (nSPS) is 19.0. The number of carbonyl (C=O) groups excluding carboxylic acids is 3. The Hall–Kier alpha value is -5.21. The largest absolute Gasteiger partial charge is 0.489 e. The number of nitrogens with one attached hydrogen (secondary N) is 2. The molecule has 8 nitrogen and oxygen atoms in total. The lowest BCUT2D eigenvalue weighted by atomic mass is 9.94. The van der Waals surface area contributed by atoms with Gasteiger partial charge < -0.3 is 25.2 Å². The van der Waals surface area contributed by atoms with Gasteiger partial charge in [-0.1, -0.05) is 115 Å². The highest BCUT2D eigenvalue weighted by molar-refractivity contribution is 5.86. The van der Waals surface area contributed by atoms with Crippen LogP contribution in [0.3, 0.4) is 0 Å². The van der Waals surface area contributed by atoms with Gasteiger partial charge in [0.2, 0.25) is 11.8 Å². The molecular weight excluding hydrogens is 616 g/mol. The average molecular weight is 661 g/mol. The first kappa shape index (κ1) is 35.1. The third-order valence-electron chi connectivity index (χ3n) is 8.62. The molecule has 0 aliphatic carbocycles. The van der Waals surface area contributed by atoms with E-state index < -0.39 is 18.0 Å². The lowest BCUT2D eigenvalue weighted by Crippen LogP contribution is -2.42. The first-order valence-corrected chi connectivity index (χ1v) is 16.8. The fourth-order valence-corrected chi connectivity index (χ4v) is 5.86. The van der Waals surface area contributed by atoms with E-state index in [1.54, 1.807) is 0 Å². The van der Waals surface area contributed by atoms with Gasteiger partial charge in [0.15, 0.2) is 0 Å². The van der Waals surface area contributed by atoms with Crippen molar-refractivity contribution in [2.24, 2.45) is 11.8 Å². The van der Waals surface area contributed by atoms with Crippen molar-refractivity contribution in [3.63, 3.8) is 0 Å². The Morgan fingerprint density at radius 1 is 0.796 bits per heavy atom. The summed E-state index contributed by atoms with van der Waals surface area (Å²) in [5.74, 6) is -1.27. The van der Waals surface area contributed by atoms with Gasteiger partial charge in [0.1, 0.15) is 19.0 Å². The van der Waals surface area contributed by atoms with Gasteiger partial charge in [0.25, 0.3) is 0 Å². The Morgan fingerprint density at radius 2 is 1.41 bits per heavy atom. The Morgan fingerprint density at radius 3 is 2.06 bits per heavy atom. The van der Waals surface area contributed by atoms with Gasteiger partial charge in [-0.15, -0.1) is 0 Å². The van der Waals surface area contributed by atoms with Crippen LogP contribution in [0.4, 0.5) is 0 Å². The quantitative estimate of drug-likeness (QED) is 0.129. The van der Waals surface area contributed by atoms with E-state index in [0.717, 1.165) is 28.0 Å². The minimum absolute atomic E-state index is 0.0226. The van der Waals surface area contributed by atoms with E-state index in [1.165, 1.54) is 0 Å². The van der Waals surface area contributed by atoms with E-state index in [4.69, 9.17) is 9.47 Å². The molecule has 0 spiro atoms. The molecule has 0 radical (unpaired) electrons. The monoisotopic (exact) mass is 660 g/mol. The fraction of sp³-hybridized carbons (Fsp3) is 0.293. The number of aliphatic hydroxyl groups is 1. The molecule has 0 aromatic heterocycles. The third kappa shape index (κ3) is 11.2. The van der Waals surface area contributed by atoms with E-state index >= 15 is 0 Å². The Bertz CT molecular complexity index is 1640. The van der Waals surface area contributed by atoms with Gasteiger partial charge in [-0.3, -0.25) is 14.4 Å². The molecule has 49 heavy (non-hydrogen) atoms. The maximum absolute atomic E-state index is 13.6. The second kappa shape index (κ2) is 18.4. The van der Waals surface area contributed by atoms with E-state index in [2.05, 4.69) is 10.6 Å². The van der Waals surface area contributed by atoms with Gasteiger partial charge >= 0.3 is 5.97 Å². The van der Waals surface area contributed by atoms with Crippen molar-refractivity contribution in [1.29, 1.82) is 0 Å². The molecule has 0 fully saturated rings. The van der Waals surface area contributed by atoms with Gasteiger partial charge in [-0.05, 0) is 60.1 Å². The maximum Gasteiger partial charge on any atom is 0.309 e. The predicted molar refractivity (Wildman–Crippen MR) is 188 cm³/mol. The SMILES string of the molecule is O=C(C[C@H]1CC=CC[C@H](Cc2ccccc2)C(=O)OC[C@H](c2ccccc2)NC1=O)N[C@H](CO)Cc1ccc(OCc2ccccc2)cc1. The predicted octanol–water partition coefficient (Wildman–Crippen LogP) is 5.90. The Balaban J connectivity index is 1.22. The smallest absolute Gasteiger partial charge is 0.309 e. The Kier molecular flexibility index (Phi) is 13.2. The van der Waals surface area contributed by atoms with Crippen LogP contribution in [-0.4, -0.2) is 42.1 Å². The van der Waals surface area contributed by atoms with Gasteiger partial charge in [0.05, 0.1) is 30.5 Å². The highest BCUT2D eigenvalue weighted by atomic mass is 16.5. The van der Waals surface area contributed by atoms with Crippen molar-refractivity contribution < 1.29 is 29.0 Å². The molecule has 1 heterocycles. The molecule has 254 valence electrons. The molecule has 3 N–H and O–H groups in total. The van der Waals surface area contributed by atoms with Crippen LogP contribution in [0.1, 0.15) is 47.6 Å². The zero-order valence-electron chi connectivity index (χ0n) is 27.6. The second-order valence-corrected chi connectivity index (χ2v) is 12.4. The van der Waals surface area contributed by atoms with Crippen LogP contribution in [0.25, 0.3) is 0 Å². The molecule has 1 aliphatic heterocycles. The van der Waals surface area contributed by atoms with Crippen LogP contribution in [0, 0.1) is 11.8 Å². The van der Waals surface area contributed by atoms with Crippen LogP contribution < -0.4 is 15.4 Å². The van der Waals surface area contributed by atoms with Crippen molar-refractivity contribution in [3.05, 3.63) is 150 Å². The molecular formula is C41H44N2O6. The lowest BCUT2D eigenvalue weighted by molar-refractivity contribution is -0.150. The summed E-state index contributed by atoms with van der Waals surface area (Å²) >= 11 is 0. The third-order valence-corrected chi connectivity index (χ3v) is 8.62. The number of allylic oxidation sites excluding steroid dienone is 2. The van der Waals surface area contributed by atoms with Crippen molar-refractivity contribution in [2.45, 2.75) is 50.8 Å². The molecule has 4 aromatic rings. The first-order valence-electron chi connectivity index (χ1n) is 16.8. The number of hydrogen-bond donors (Lipinski definition) is 3. The van der Waals surface area contributed by atoms with Crippen LogP contribution in [0.15, 0.2) is 127 Å². The number of rotatable bonds is 12. The number of ether oxygens (including phenoxy) is 2. The summed E-state index contributed by atoms with van der Waals surface area (Å²) in [6, 6.07) is 35.6. The number of aliphatic hydroxyl groups excluding tert-OH is 1. The number of cyclic esters (lactones) is 1. The van der Waals surface area contributed by atoms with E-state index in [1.807, 2.05) is 127 Å². The number of hydrogen-bond acceptors (Lipinski definition) is 6. The standard InChI is InChI=1S/C41H44N2O6/c44-27-36(25-31-20-22-37(23-21-31)48-28-32-14-6-2-7-15-32)42-39(45)26-34-18-10-11-19-35(24-30-12-4-1-5-13-30)41(47)49-29-38(43-40(34)46)33-16-8-3-9-17-33/h1-17,20-23,34-36,38,44H,18-19,24-29H2,(H,42,45)(H,43,46)/t34-,35-,36+,38-/m1/s1. The molecule has 4 atom stereocenters. The molecule has 4 aromatic carbocycles. The van der Waals surface area contributed by atoms with Gasteiger partial charge in [0, 0.05) is 6.42 Å². The van der Waals surface area contributed by atoms with Crippen molar-refractivity contribution >= 4 is 17.8 Å². The molecule has 0 unspecified atom stereocenters. The number of carbonyl (C=O) groups is 3. The molecule has 1 aliphatic rings. The molecule has 0 saturated carbocycles. The zero-order chi connectivity index (χ0) is 34.3. The average Bonchev–Trinajstić information content (AvgIpc) is 3.14. The van der Waals surface area contributed by atoms with Crippen molar-refractivity contribution in [2.75, 3.05) is 13.2 Å². The van der Waals surface area contributed by atoms with Crippen LogP contribution >= 0.6 is 0 Å². The first-order chi connectivity index (χ1) is 24.0. The summed E-state index contributed by atoms with van der Waals surface area (Å²) in [4.78, 5) is 40.1. The molecule has 0 saturated heterocycles. The topological polar surface area (TPSA) is 114 Å². The fourth-order valence-electron chi connectivity index (χ4n) is 5.86. The number of amides is 2. The lowest BCUT2D eigenvalue weighted by Gasteiger charge is -2.25. The summed E-state index contributed by atoms with van der Waals surface area (Å²) in [7, 11) is 0. The minimum atomic E-state index is -0.662. The van der Waals surface area contributed by atoms with Gasteiger partial charge in [-0.25, -0.2) is 0 Å².